The number of ketones is 1. The maximum Gasteiger partial charge on any atom is 0.295 e. The van der Waals surface area contributed by atoms with Gasteiger partial charge in [0.2, 0.25) is 0 Å². The highest BCUT2D eigenvalue weighted by Crippen LogP contribution is 2.40. The van der Waals surface area contributed by atoms with Crippen molar-refractivity contribution in [2.75, 3.05) is 39.4 Å². The van der Waals surface area contributed by atoms with Gasteiger partial charge in [0, 0.05) is 31.7 Å². The second kappa shape index (κ2) is 9.89. The third-order valence-electron chi connectivity index (χ3n) is 6.56. The van der Waals surface area contributed by atoms with Crippen molar-refractivity contribution in [3.05, 3.63) is 75.9 Å². The van der Waals surface area contributed by atoms with E-state index in [-0.39, 0.29) is 11.3 Å². The Balaban J connectivity index is 1.70. The highest BCUT2D eigenvalue weighted by atomic mass is 16.5. The molecular weight excluding hydrogens is 416 g/mol. The Kier molecular flexibility index (Phi) is 6.96. The number of amides is 1. The Morgan fingerprint density at radius 1 is 0.970 bits per heavy atom. The molecule has 2 aliphatic rings. The van der Waals surface area contributed by atoms with E-state index in [1.165, 1.54) is 0 Å². The van der Waals surface area contributed by atoms with Gasteiger partial charge >= 0.3 is 0 Å². The van der Waals surface area contributed by atoms with Gasteiger partial charge in [-0.1, -0.05) is 47.5 Å². The van der Waals surface area contributed by atoms with Crippen LogP contribution >= 0.6 is 0 Å². The summed E-state index contributed by atoms with van der Waals surface area (Å²) in [7, 11) is 0. The van der Waals surface area contributed by atoms with Gasteiger partial charge in [0.15, 0.2) is 0 Å². The van der Waals surface area contributed by atoms with E-state index >= 15 is 0 Å². The third-order valence-corrected chi connectivity index (χ3v) is 6.56. The summed E-state index contributed by atoms with van der Waals surface area (Å²) in [5, 5.41) is 11.3. The van der Waals surface area contributed by atoms with Crippen LogP contribution in [0.5, 0.6) is 0 Å². The molecule has 1 atom stereocenters. The number of aryl methyl sites for hydroxylation is 3. The van der Waals surface area contributed by atoms with Crippen LogP contribution in [-0.4, -0.2) is 66.0 Å². The maximum absolute atomic E-state index is 13.2. The quantitative estimate of drug-likeness (QED) is 0.414. The molecule has 2 fully saturated rings. The van der Waals surface area contributed by atoms with Gasteiger partial charge < -0.3 is 14.7 Å². The van der Waals surface area contributed by atoms with Crippen molar-refractivity contribution in [2.24, 2.45) is 0 Å². The van der Waals surface area contributed by atoms with Gasteiger partial charge in [0.05, 0.1) is 24.8 Å². The number of aliphatic hydroxyl groups excluding tert-OH is 1. The molecule has 6 heteroatoms. The number of hydrogen-bond donors (Lipinski definition) is 1. The molecule has 0 aliphatic carbocycles. The van der Waals surface area contributed by atoms with Crippen molar-refractivity contribution in [1.82, 2.24) is 9.80 Å². The Labute approximate surface area is 195 Å². The van der Waals surface area contributed by atoms with E-state index in [1.807, 2.05) is 63.2 Å². The molecule has 0 bridgehead atoms. The molecule has 2 saturated heterocycles. The first-order valence-corrected chi connectivity index (χ1v) is 11.6. The van der Waals surface area contributed by atoms with E-state index in [0.717, 1.165) is 61.5 Å². The van der Waals surface area contributed by atoms with Crippen LogP contribution in [-0.2, 0) is 14.3 Å². The summed E-state index contributed by atoms with van der Waals surface area (Å²) < 4.78 is 5.41. The molecule has 174 valence electrons. The van der Waals surface area contributed by atoms with E-state index in [4.69, 9.17) is 4.74 Å². The fraction of sp³-hybridized carbons (Fsp3) is 0.407. The predicted molar refractivity (Wildman–Crippen MR) is 128 cm³/mol. The minimum atomic E-state index is -0.620. The molecule has 1 N–H and O–H groups in total. The number of benzene rings is 2. The monoisotopic (exact) mass is 448 g/mol. The molecule has 1 unspecified atom stereocenters. The van der Waals surface area contributed by atoms with Crippen molar-refractivity contribution < 1.29 is 19.4 Å². The number of aliphatic hydroxyl groups is 1. The first-order valence-electron chi connectivity index (χ1n) is 11.6. The lowest BCUT2D eigenvalue weighted by Gasteiger charge is -2.29. The molecule has 2 heterocycles. The molecule has 1 amide bonds. The minimum absolute atomic E-state index is 0.101. The molecule has 0 spiro atoms. The maximum atomic E-state index is 13.2. The number of hydrogen-bond acceptors (Lipinski definition) is 5. The summed E-state index contributed by atoms with van der Waals surface area (Å²) in [6, 6.07) is 13.0. The van der Waals surface area contributed by atoms with Crippen molar-refractivity contribution in [1.29, 1.82) is 0 Å². The normalized spacial score (nSPS) is 21.1. The number of likely N-dealkylation sites (tertiary alicyclic amines) is 1. The van der Waals surface area contributed by atoms with Crippen LogP contribution in [0.15, 0.2) is 48.0 Å². The van der Waals surface area contributed by atoms with Gasteiger partial charge in [-0.25, -0.2) is 0 Å². The number of nitrogens with zero attached hydrogens (tertiary/aromatic N) is 2. The lowest BCUT2D eigenvalue weighted by atomic mass is 9.93. The van der Waals surface area contributed by atoms with Crippen LogP contribution in [0.3, 0.4) is 0 Å². The highest BCUT2D eigenvalue weighted by molar-refractivity contribution is 6.46. The largest absolute Gasteiger partial charge is 0.507 e. The average molecular weight is 449 g/mol. The molecule has 4 rings (SSSR count). The fourth-order valence-corrected chi connectivity index (χ4v) is 4.63. The van der Waals surface area contributed by atoms with Crippen molar-refractivity contribution in [2.45, 2.75) is 33.2 Å². The van der Waals surface area contributed by atoms with Crippen LogP contribution in [0, 0.1) is 20.8 Å². The topological polar surface area (TPSA) is 70.1 Å². The van der Waals surface area contributed by atoms with E-state index in [9.17, 15) is 14.7 Å². The van der Waals surface area contributed by atoms with Gasteiger partial charge in [-0.3, -0.25) is 14.5 Å². The number of Topliss-reactive ketones (excluding diaryl/α,β-unsaturated/α-hetero) is 1. The fourth-order valence-electron chi connectivity index (χ4n) is 4.63. The zero-order valence-corrected chi connectivity index (χ0v) is 19.6. The first-order chi connectivity index (χ1) is 15.9. The van der Waals surface area contributed by atoms with E-state index in [2.05, 4.69) is 4.90 Å². The van der Waals surface area contributed by atoms with E-state index in [0.29, 0.717) is 12.1 Å². The second-order valence-corrected chi connectivity index (χ2v) is 9.03. The summed E-state index contributed by atoms with van der Waals surface area (Å²) in [6.45, 7) is 10.3. The average Bonchev–Trinajstić information content (AvgIpc) is 3.06. The summed E-state index contributed by atoms with van der Waals surface area (Å²) in [5.74, 6) is -1.27. The van der Waals surface area contributed by atoms with Crippen molar-refractivity contribution >= 4 is 17.4 Å². The Morgan fingerprint density at radius 2 is 1.64 bits per heavy atom. The molecule has 0 radical (unpaired) electrons. The molecule has 2 aromatic carbocycles. The van der Waals surface area contributed by atoms with Crippen LogP contribution < -0.4 is 0 Å². The molecule has 0 saturated carbocycles. The molecule has 33 heavy (non-hydrogen) atoms. The van der Waals surface area contributed by atoms with Crippen LogP contribution in [0.25, 0.3) is 5.76 Å². The van der Waals surface area contributed by atoms with Crippen molar-refractivity contribution in [3.8, 4) is 0 Å². The van der Waals surface area contributed by atoms with Crippen LogP contribution in [0.2, 0.25) is 0 Å². The number of carbonyl (C=O) groups is 2. The standard InChI is InChI=1S/C27H32N2O4/c1-18-6-9-21(10-7-18)24-23(25(30)22-17-19(2)5-8-20(22)3)26(31)27(32)29(24)12-4-11-28-13-15-33-16-14-28/h5-10,17,24,30H,4,11-16H2,1-3H3/b25-23+. The SMILES string of the molecule is Cc1ccc(C2/C(=C(\O)c3cc(C)ccc3C)C(=O)C(=O)N2CCCN2CCOCC2)cc1. The molecule has 6 nitrogen and oxygen atoms in total. The van der Waals surface area contributed by atoms with Crippen LogP contribution in [0.4, 0.5) is 0 Å². The molecule has 0 aromatic heterocycles. The second-order valence-electron chi connectivity index (χ2n) is 9.03. The number of carbonyl (C=O) groups excluding carboxylic acids is 2. The zero-order chi connectivity index (χ0) is 23.5. The minimum Gasteiger partial charge on any atom is -0.507 e. The first kappa shape index (κ1) is 23.2. The molecule has 2 aliphatic heterocycles. The summed E-state index contributed by atoms with van der Waals surface area (Å²) in [6.07, 6.45) is 0.749. The third kappa shape index (κ3) is 4.87. The smallest absolute Gasteiger partial charge is 0.295 e. The zero-order valence-electron chi connectivity index (χ0n) is 19.6. The number of morpholine rings is 1. The summed E-state index contributed by atoms with van der Waals surface area (Å²) in [5.41, 5.74) is 4.53. The molecular formula is C27H32N2O4. The van der Waals surface area contributed by atoms with Gasteiger partial charge in [0.25, 0.3) is 11.7 Å². The van der Waals surface area contributed by atoms with Crippen molar-refractivity contribution in [3.63, 3.8) is 0 Å². The Bertz CT molecular complexity index is 1070. The van der Waals surface area contributed by atoms with Gasteiger partial charge in [0.1, 0.15) is 5.76 Å². The van der Waals surface area contributed by atoms with Crippen LogP contribution in [0.1, 0.15) is 40.3 Å². The Hall–Kier alpha value is -2.96. The Morgan fingerprint density at radius 3 is 2.33 bits per heavy atom. The van der Waals surface area contributed by atoms with Gasteiger partial charge in [-0.2, -0.15) is 0 Å². The summed E-state index contributed by atoms with van der Waals surface area (Å²) >= 11 is 0. The van der Waals surface area contributed by atoms with E-state index in [1.54, 1.807) is 4.90 Å². The lowest BCUT2D eigenvalue weighted by Crippen LogP contribution is -2.38. The predicted octanol–water partition coefficient (Wildman–Crippen LogP) is 3.76. The summed E-state index contributed by atoms with van der Waals surface area (Å²) in [4.78, 5) is 30.3. The number of ether oxygens (including phenoxy) is 1. The highest BCUT2D eigenvalue weighted by Gasteiger charge is 2.45. The number of rotatable bonds is 6. The van der Waals surface area contributed by atoms with Gasteiger partial charge in [-0.05, 0) is 44.4 Å². The van der Waals surface area contributed by atoms with Gasteiger partial charge in [-0.15, -0.1) is 0 Å². The molecule has 2 aromatic rings. The lowest BCUT2D eigenvalue weighted by molar-refractivity contribution is -0.140. The van der Waals surface area contributed by atoms with E-state index < -0.39 is 17.7 Å².